The zero-order chi connectivity index (χ0) is 16.4. The van der Waals surface area contributed by atoms with E-state index in [-0.39, 0.29) is 0 Å². The van der Waals surface area contributed by atoms with Crippen molar-refractivity contribution in [3.8, 4) is 5.75 Å². The maximum absolute atomic E-state index is 5.11. The van der Waals surface area contributed by atoms with Crippen LogP contribution in [0.5, 0.6) is 5.75 Å². The molecule has 0 N–H and O–H groups in total. The second-order valence-corrected chi connectivity index (χ2v) is 5.76. The lowest BCUT2D eigenvalue weighted by Gasteiger charge is -2.35. The van der Waals surface area contributed by atoms with E-state index in [1.165, 1.54) is 5.39 Å². The molecule has 3 heterocycles. The summed E-state index contributed by atoms with van der Waals surface area (Å²) in [5, 5.41) is 1.17. The number of aromatic nitrogens is 3. The smallest absolute Gasteiger partial charge is 0.225 e. The molecule has 2 aromatic heterocycles. The average Bonchev–Trinajstić information content (AvgIpc) is 2.68. The van der Waals surface area contributed by atoms with Crippen molar-refractivity contribution in [3.63, 3.8) is 0 Å². The minimum absolute atomic E-state index is 0.678. The van der Waals surface area contributed by atoms with Gasteiger partial charge in [0.25, 0.3) is 0 Å². The summed E-state index contributed by atoms with van der Waals surface area (Å²) in [6.07, 6.45) is 3.42. The Balaban J connectivity index is 1.46. The highest BCUT2D eigenvalue weighted by molar-refractivity contribution is 5.80. The van der Waals surface area contributed by atoms with Gasteiger partial charge in [-0.3, -0.25) is 0 Å². The van der Waals surface area contributed by atoms with Crippen molar-refractivity contribution in [2.24, 2.45) is 0 Å². The molecule has 0 unspecified atom stereocenters. The minimum atomic E-state index is 0.678. The van der Waals surface area contributed by atoms with Crippen molar-refractivity contribution in [3.05, 3.63) is 48.8 Å². The summed E-state index contributed by atoms with van der Waals surface area (Å²) < 4.78 is 5.11. The van der Waals surface area contributed by atoms with Gasteiger partial charge in [-0.2, -0.15) is 0 Å². The summed E-state index contributed by atoms with van der Waals surface area (Å²) in [7, 11) is 1.62. The fourth-order valence-electron chi connectivity index (χ4n) is 2.95. The van der Waals surface area contributed by atoms with Crippen molar-refractivity contribution in [2.75, 3.05) is 43.1 Å². The maximum Gasteiger partial charge on any atom is 0.225 e. The van der Waals surface area contributed by atoms with Gasteiger partial charge >= 0.3 is 0 Å². The van der Waals surface area contributed by atoms with Gasteiger partial charge in [0.1, 0.15) is 5.82 Å². The quantitative estimate of drug-likeness (QED) is 0.738. The molecule has 1 aliphatic rings. The van der Waals surface area contributed by atoms with Gasteiger partial charge in [-0.25, -0.2) is 15.0 Å². The molecule has 122 valence electrons. The van der Waals surface area contributed by atoms with Gasteiger partial charge in [0.15, 0.2) is 5.75 Å². The summed E-state index contributed by atoms with van der Waals surface area (Å²) in [6, 6.07) is 12.4. The number of rotatable bonds is 3. The monoisotopic (exact) mass is 321 g/mol. The molecular formula is C18H19N5O. The lowest BCUT2D eigenvalue weighted by molar-refractivity contribution is 0.410. The standard InChI is InChI=1S/C18H19N5O/c1-24-15-12-19-18(20-13-15)23-10-8-22(9-11-23)17-7-6-14-4-2-3-5-16(14)21-17/h2-7,12-13H,8-11H2,1H3. The maximum atomic E-state index is 5.11. The lowest BCUT2D eigenvalue weighted by atomic mass is 10.2. The Morgan fingerprint density at radius 2 is 1.58 bits per heavy atom. The number of fused-ring (bicyclic) bond motifs is 1. The van der Waals surface area contributed by atoms with Gasteiger partial charge in [-0.1, -0.05) is 18.2 Å². The van der Waals surface area contributed by atoms with E-state index in [1.807, 2.05) is 12.1 Å². The predicted octanol–water partition coefficient (Wildman–Crippen LogP) is 2.36. The Bertz CT molecular complexity index is 828. The number of benzene rings is 1. The number of ether oxygens (including phenoxy) is 1. The predicted molar refractivity (Wildman–Crippen MR) is 94.8 cm³/mol. The Labute approximate surface area is 140 Å². The van der Waals surface area contributed by atoms with Crippen LogP contribution in [0, 0.1) is 0 Å². The number of pyridine rings is 1. The number of hydrogen-bond acceptors (Lipinski definition) is 6. The normalized spacial score (nSPS) is 14.9. The minimum Gasteiger partial charge on any atom is -0.494 e. The van der Waals surface area contributed by atoms with Crippen LogP contribution in [-0.2, 0) is 0 Å². The van der Waals surface area contributed by atoms with Crippen LogP contribution in [0.4, 0.5) is 11.8 Å². The number of anilines is 2. The third kappa shape index (κ3) is 2.82. The first-order valence-electron chi connectivity index (χ1n) is 8.05. The van der Waals surface area contributed by atoms with E-state index in [9.17, 15) is 0 Å². The van der Waals surface area contributed by atoms with Crippen molar-refractivity contribution in [1.82, 2.24) is 15.0 Å². The Kier molecular flexibility index (Phi) is 3.86. The van der Waals surface area contributed by atoms with Crippen LogP contribution < -0.4 is 14.5 Å². The zero-order valence-corrected chi connectivity index (χ0v) is 13.6. The third-order valence-corrected chi connectivity index (χ3v) is 4.32. The Morgan fingerprint density at radius 3 is 2.33 bits per heavy atom. The molecule has 1 aliphatic heterocycles. The van der Waals surface area contributed by atoms with Crippen LogP contribution in [0.2, 0.25) is 0 Å². The molecule has 0 radical (unpaired) electrons. The van der Waals surface area contributed by atoms with Gasteiger partial charge in [0.2, 0.25) is 5.95 Å². The molecule has 1 saturated heterocycles. The molecule has 0 amide bonds. The van der Waals surface area contributed by atoms with Gasteiger partial charge in [-0.15, -0.1) is 0 Å². The molecule has 3 aromatic rings. The van der Waals surface area contributed by atoms with E-state index in [0.29, 0.717) is 5.75 Å². The second-order valence-electron chi connectivity index (χ2n) is 5.76. The molecule has 24 heavy (non-hydrogen) atoms. The fourth-order valence-corrected chi connectivity index (χ4v) is 2.95. The highest BCUT2D eigenvalue weighted by atomic mass is 16.5. The topological polar surface area (TPSA) is 54.4 Å². The van der Waals surface area contributed by atoms with Gasteiger partial charge in [0.05, 0.1) is 25.0 Å². The second kappa shape index (κ2) is 6.31. The molecular weight excluding hydrogens is 302 g/mol. The molecule has 4 rings (SSSR count). The van der Waals surface area contributed by atoms with Crippen molar-refractivity contribution < 1.29 is 4.74 Å². The van der Waals surface area contributed by atoms with Crippen LogP contribution in [-0.4, -0.2) is 48.2 Å². The molecule has 1 fully saturated rings. The molecule has 0 spiro atoms. The first-order valence-corrected chi connectivity index (χ1v) is 8.05. The molecule has 6 nitrogen and oxygen atoms in total. The van der Waals surface area contributed by atoms with Crippen LogP contribution >= 0.6 is 0 Å². The van der Waals surface area contributed by atoms with Crippen LogP contribution in [0.15, 0.2) is 48.8 Å². The Hall–Kier alpha value is -2.89. The molecule has 6 heteroatoms. The third-order valence-electron chi connectivity index (χ3n) is 4.32. The molecule has 1 aromatic carbocycles. The summed E-state index contributed by atoms with van der Waals surface area (Å²) in [5.41, 5.74) is 1.04. The molecule has 0 aliphatic carbocycles. The highest BCUT2D eigenvalue weighted by Gasteiger charge is 2.20. The fraction of sp³-hybridized carbons (Fsp3) is 0.278. The first kappa shape index (κ1) is 14.7. The number of para-hydroxylation sites is 1. The first-order chi connectivity index (χ1) is 11.8. The molecule has 0 atom stereocenters. The lowest BCUT2D eigenvalue weighted by Crippen LogP contribution is -2.47. The van der Waals surface area contributed by atoms with E-state index < -0.39 is 0 Å². The van der Waals surface area contributed by atoms with E-state index in [0.717, 1.165) is 43.5 Å². The van der Waals surface area contributed by atoms with Crippen LogP contribution in [0.25, 0.3) is 10.9 Å². The van der Waals surface area contributed by atoms with E-state index >= 15 is 0 Å². The largest absolute Gasteiger partial charge is 0.494 e. The summed E-state index contributed by atoms with van der Waals surface area (Å²) in [4.78, 5) is 18.0. The average molecular weight is 321 g/mol. The van der Waals surface area contributed by atoms with Gasteiger partial charge in [-0.05, 0) is 18.2 Å². The number of piperazine rings is 1. The number of nitrogens with zero attached hydrogens (tertiary/aromatic N) is 5. The molecule has 0 bridgehead atoms. The van der Waals surface area contributed by atoms with Crippen LogP contribution in [0.3, 0.4) is 0 Å². The van der Waals surface area contributed by atoms with E-state index in [4.69, 9.17) is 9.72 Å². The number of methoxy groups -OCH3 is 1. The van der Waals surface area contributed by atoms with Crippen molar-refractivity contribution in [1.29, 1.82) is 0 Å². The summed E-state index contributed by atoms with van der Waals surface area (Å²) >= 11 is 0. The van der Waals surface area contributed by atoms with Gasteiger partial charge < -0.3 is 14.5 Å². The summed E-state index contributed by atoms with van der Waals surface area (Å²) in [5.74, 6) is 2.46. The SMILES string of the molecule is COc1cnc(N2CCN(c3ccc4ccccc4n3)CC2)nc1. The van der Waals surface area contributed by atoms with Crippen molar-refractivity contribution >= 4 is 22.7 Å². The van der Waals surface area contributed by atoms with Crippen LogP contribution in [0.1, 0.15) is 0 Å². The Morgan fingerprint density at radius 1 is 0.875 bits per heavy atom. The van der Waals surface area contributed by atoms with E-state index in [1.54, 1.807) is 19.5 Å². The van der Waals surface area contributed by atoms with Gasteiger partial charge in [0, 0.05) is 31.6 Å². The molecule has 0 saturated carbocycles. The summed E-state index contributed by atoms with van der Waals surface area (Å²) in [6.45, 7) is 3.56. The number of hydrogen-bond donors (Lipinski definition) is 0. The zero-order valence-electron chi connectivity index (χ0n) is 13.6. The highest BCUT2D eigenvalue weighted by Crippen LogP contribution is 2.20. The van der Waals surface area contributed by atoms with E-state index in [2.05, 4.69) is 44.0 Å². The van der Waals surface area contributed by atoms with Crippen molar-refractivity contribution in [2.45, 2.75) is 0 Å².